The third kappa shape index (κ3) is 3.30. The number of rotatable bonds is 6. The van der Waals surface area contributed by atoms with Gasteiger partial charge < -0.3 is 9.47 Å². The Morgan fingerprint density at radius 2 is 1.88 bits per heavy atom. The van der Waals surface area contributed by atoms with Crippen LogP contribution in [0.1, 0.15) is 46.0 Å². The van der Waals surface area contributed by atoms with Gasteiger partial charge in [0.1, 0.15) is 0 Å². The van der Waals surface area contributed by atoms with Gasteiger partial charge in [-0.2, -0.15) is 0 Å². The minimum atomic E-state index is -0.457. The first-order valence-electron chi connectivity index (χ1n) is 6.67. The molecule has 1 heterocycles. The van der Waals surface area contributed by atoms with Crippen LogP contribution in [0.4, 0.5) is 0 Å². The first kappa shape index (κ1) is 12.6. The molecule has 0 aromatic rings. The molecule has 0 spiro atoms. The van der Waals surface area contributed by atoms with E-state index in [0.717, 1.165) is 12.8 Å². The average molecular weight is 234 g/mol. The lowest BCUT2D eigenvalue weighted by molar-refractivity contribution is -0.424. The molecule has 17 heavy (non-hydrogen) atoms. The Labute approximate surface area is 104 Å². The van der Waals surface area contributed by atoms with Crippen molar-refractivity contribution in [3.63, 3.8) is 0 Å². The van der Waals surface area contributed by atoms with E-state index >= 15 is 0 Å². The van der Waals surface area contributed by atoms with Gasteiger partial charge in [0.25, 0.3) is 0 Å². The van der Waals surface area contributed by atoms with Crippen LogP contribution in [0.5, 0.6) is 0 Å². The van der Waals surface area contributed by atoms with Crippen molar-refractivity contribution in [2.75, 3.05) is 0 Å². The quantitative estimate of drug-likeness (QED) is 0.644. The molecule has 0 amide bonds. The van der Waals surface area contributed by atoms with Gasteiger partial charge in [-0.25, -0.2) is 0 Å². The second-order valence-electron chi connectivity index (χ2n) is 4.79. The molecule has 2 heteroatoms. The van der Waals surface area contributed by atoms with E-state index in [1.165, 1.54) is 24.8 Å². The minimum Gasteiger partial charge on any atom is -0.317 e. The van der Waals surface area contributed by atoms with Crippen LogP contribution in [0.2, 0.25) is 0 Å². The number of hydrogen-bond donors (Lipinski definition) is 0. The molecule has 0 N–H and O–H groups in total. The average Bonchev–Trinajstić information content (AvgIpc) is 2.75. The Morgan fingerprint density at radius 1 is 1.18 bits per heavy atom. The summed E-state index contributed by atoms with van der Waals surface area (Å²) in [5.41, 5.74) is 1.19. The fourth-order valence-corrected chi connectivity index (χ4v) is 2.37. The van der Waals surface area contributed by atoms with Crippen molar-refractivity contribution in [3.8, 4) is 0 Å². The maximum absolute atomic E-state index is 5.80. The molecule has 1 aliphatic heterocycles. The van der Waals surface area contributed by atoms with Gasteiger partial charge in [0.05, 0.1) is 0 Å². The highest BCUT2D eigenvalue weighted by molar-refractivity contribution is 5.41. The van der Waals surface area contributed by atoms with Crippen LogP contribution < -0.4 is 0 Å². The molecule has 0 aromatic carbocycles. The number of hydrogen-bond acceptors (Lipinski definition) is 2. The van der Waals surface area contributed by atoms with E-state index in [0.29, 0.717) is 0 Å². The largest absolute Gasteiger partial charge is 0.317 e. The van der Waals surface area contributed by atoms with Crippen LogP contribution in [0, 0.1) is 0 Å². The van der Waals surface area contributed by atoms with Crippen molar-refractivity contribution in [2.24, 2.45) is 0 Å². The Morgan fingerprint density at radius 3 is 2.47 bits per heavy atom. The van der Waals surface area contributed by atoms with Gasteiger partial charge in [0, 0.05) is 6.42 Å². The Balaban J connectivity index is 1.89. The summed E-state index contributed by atoms with van der Waals surface area (Å²) in [7, 11) is 0. The molecular weight excluding hydrogens is 212 g/mol. The molecule has 1 aliphatic carbocycles. The molecule has 0 atom stereocenters. The molecule has 1 saturated heterocycles. The summed E-state index contributed by atoms with van der Waals surface area (Å²) in [6.07, 6.45) is 16.2. The van der Waals surface area contributed by atoms with Crippen LogP contribution in [0.15, 0.2) is 36.0 Å². The van der Waals surface area contributed by atoms with Crippen LogP contribution >= 0.6 is 0 Å². The van der Waals surface area contributed by atoms with Crippen molar-refractivity contribution >= 4 is 0 Å². The lowest BCUT2D eigenvalue weighted by atomic mass is 10.0. The summed E-state index contributed by atoms with van der Waals surface area (Å²) in [6.45, 7) is 4.17. The molecule has 2 aliphatic rings. The molecule has 2 nitrogen and oxygen atoms in total. The zero-order valence-electron chi connectivity index (χ0n) is 10.8. The lowest BCUT2D eigenvalue weighted by Crippen LogP contribution is -2.51. The molecule has 0 unspecified atom stereocenters. The standard InChI is InChI=1S/C15H22O2/c1-3-4-5-8-11-15(16-13(2)17-15)12-14-9-6-7-10-14/h6-7,9-10,12-13H,3-5,8,11H2,1-2H3. The second-order valence-corrected chi connectivity index (χ2v) is 4.79. The topological polar surface area (TPSA) is 18.5 Å². The smallest absolute Gasteiger partial charge is 0.194 e. The molecule has 0 aromatic heterocycles. The third-order valence-corrected chi connectivity index (χ3v) is 3.18. The summed E-state index contributed by atoms with van der Waals surface area (Å²) in [5, 5.41) is 0. The van der Waals surface area contributed by atoms with Crippen LogP contribution in [0.3, 0.4) is 0 Å². The summed E-state index contributed by atoms with van der Waals surface area (Å²) in [4.78, 5) is 0. The summed E-state index contributed by atoms with van der Waals surface area (Å²) >= 11 is 0. The Bertz CT molecular complexity index is 319. The van der Waals surface area contributed by atoms with Gasteiger partial charge in [-0.1, -0.05) is 50.5 Å². The number of ether oxygens (including phenoxy) is 2. The molecule has 0 bridgehead atoms. The van der Waals surface area contributed by atoms with Crippen molar-refractivity contribution in [1.29, 1.82) is 0 Å². The van der Waals surface area contributed by atoms with E-state index < -0.39 is 5.79 Å². The zero-order valence-corrected chi connectivity index (χ0v) is 10.8. The Kier molecular flexibility index (Phi) is 4.19. The number of unbranched alkanes of at least 4 members (excludes halogenated alkanes) is 3. The minimum absolute atomic E-state index is 0.0626. The van der Waals surface area contributed by atoms with Crippen molar-refractivity contribution < 1.29 is 9.47 Å². The predicted molar refractivity (Wildman–Crippen MR) is 69.5 cm³/mol. The van der Waals surface area contributed by atoms with Crippen LogP contribution in [0.25, 0.3) is 0 Å². The van der Waals surface area contributed by atoms with E-state index in [-0.39, 0.29) is 6.29 Å². The highest BCUT2D eigenvalue weighted by atomic mass is 16.9. The maximum Gasteiger partial charge on any atom is 0.194 e. The van der Waals surface area contributed by atoms with Crippen molar-refractivity contribution in [3.05, 3.63) is 36.0 Å². The van der Waals surface area contributed by atoms with E-state index in [1.807, 2.05) is 19.1 Å². The SMILES string of the molecule is CCCCCCC1(C=C2C=CC=C2)OC(C)O1. The van der Waals surface area contributed by atoms with E-state index in [1.54, 1.807) is 0 Å². The number of allylic oxidation sites excluding steroid dienone is 5. The van der Waals surface area contributed by atoms with Crippen molar-refractivity contribution in [2.45, 2.75) is 58.0 Å². The summed E-state index contributed by atoms with van der Waals surface area (Å²) < 4.78 is 11.6. The molecule has 0 radical (unpaired) electrons. The predicted octanol–water partition coefficient (Wildman–Crippen LogP) is 4.10. The monoisotopic (exact) mass is 234 g/mol. The van der Waals surface area contributed by atoms with E-state index in [9.17, 15) is 0 Å². The summed E-state index contributed by atoms with van der Waals surface area (Å²) in [6, 6.07) is 0. The molecule has 94 valence electrons. The lowest BCUT2D eigenvalue weighted by Gasteiger charge is -2.44. The Hall–Kier alpha value is -0.860. The van der Waals surface area contributed by atoms with Gasteiger partial charge in [-0.05, 0) is 25.0 Å². The normalized spacial score (nSPS) is 30.7. The highest BCUT2D eigenvalue weighted by Crippen LogP contribution is 2.36. The van der Waals surface area contributed by atoms with Gasteiger partial charge in [-0.3, -0.25) is 0 Å². The third-order valence-electron chi connectivity index (χ3n) is 3.18. The summed E-state index contributed by atoms with van der Waals surface area (Å²) in [5.74, 6) is -0.457. The second kappa shape index (κ2) is 5.65. The molecule has 0 saturated carbocycles. The van der Waals surface area contributed by atoms with Crippen molar-refractivity contribution in [1.82, 2.24) is 0 Å². The first-order chi connectivity index (χ1) is 8.24. The van der Waals surface area contributed by atoms with E-state index in [4.69, 9.17) is 9.47 Å². The zero-order chi connectivity index (χ0) is 12.1. The van der Waals surface area contributed by atoms with Gasteiger partial charge in [0.2, 0.25) is 0 Å². The van der Waals surface area contributed by atoms with Gasteiger partial charge in [-0.15, -0.1) is 0 Å². The first-order valence-corrected chi connectivity index (χ1v) is 6.67. The molecule has 2 rings (SSSR count). The fourth-order valence-electron chi connectivity index (χ4n) is 2.37. The fraction of sp³-hybridized carbons (Fsp3) is 0.600. The molecule has 1 fully saturated rings. The maximum atomic E-state index is 5.80. The molecular formula is C15H22O2. The highest BCUT2D eigenvalue weighted by Gasteiger charge is 2.42. The van der Waals surface area contributed by atoms with Gasteiger partial charge >= 0.3 is 0 Å². The van der Waals surface area contributed by atoms with Gasteiger partial charge in [0.15, 0.2) is 12.1 Å². The van der Waals surface area contributed by atoms with Crippen LogP contribution in [-0.4, -0.2) is 12.1 Å². The van der Waals surface area contributed by atoms with Crippen LogP contribution in [-0.2, 0) is 9.47 Å². The van der Waals surface area contributed by atoms with E-state index in [2.05, 4.69) is 25.2 Å².